The van der Waals surface area contributed by atoms with Crippen molar-refractivity contribution in [2.45, 2.75) is 51.3 Å². The average Bonchev–Trinajstić information content (AvgIpc) is 2.60. The summed E-state index contributed by atoms with van der Waals surface area (Å²) < 4.78 is 25.9. The van der Waals surface area contributed by atoms with E-state index in [4.69, 9.17) is 5.73 Å². The summed E-state index contributed by atoms with van der Waals surface area (Å²) in [6, 6.07) is 6.78. The summed E-state index contributed by atoms with van der Waals surface area (Å²) in [4.78, 5) is 11.0. The normalized spacial score (nSPS) is 11.4. The van der Waals surface area contributed by atoms with E-state index in [2.05, 4.69) is 6.58 Å². The number of carbonyl (C=O) groups is 1. The second kappa shape index (κ2) is 9.34. The molecular weight excluding hydrogens is 402 g/mol. The predicted molar refractivity (Wildman–Crippen MR) is 119 cm³/mol. The lowest BCUT2D eigenvalue weighted by Crippen LogP contribution is -2.24. The number of allylic oxidation sites excluding steroid dienone is 1. The summed E-state index contributed by atoms with van der Waals surface area (Å²) in [5.74, 6) is -2.74. The van der Waals surface area contributed by atoms with E-state index in [-0.39, 0.29) is 21.8 Å². The highest BCUT2D eigenvalue weighted by Crippen LogP contribution is 2.46. The van der Waals surface area contributed by atoms with Crippen molar-refractivity contribution in [3.63, 3.8) is 0 Å². The van der Waals surface area contributed by atoms with E-state index in [0.29, 0.717) is 29.5 Å². The second-order valence-electron chi connectivity index (χ2n) is 7.62. The van der Waals surface area contributed by atoms with Gasteiger partial charge in [-0.05, 0) is 49.4 Å². The van der Waals surface area contributed by atoms with Gasteiger partial charge in [-0.2, -0.15) is 0 Å². The molecule has 0 atom stereocenters. The summed E-state index contributed by atoms with van der Waals surface area (Å²) in [5, 5.41) is 21.9. The molecule has 0 aliphatic heterocycles. The van der Waals surface area contributed by atoms with E-state index in [9.17, 15) is 23.4 Å². The molecule has 6 nitrogen and oxygen atoms in total. The number of primary amides is 1. The van der Waals surface area contributed by atoms with Gasteiger partial charge >= 0.3 is 0 Å². The zero-order valence-electron chi connectivity index (χ0n) is 17.7. The van der Waals surface area contributed by atoms with E-state index in [1.54, 1.807) is 19.1 Å². The molecule has 2 aromatic rings. The number of rotatable bonds is 9. The number of aromatic hydroxyl groups is 2. The van der Waals surface area contributed by atoms with Crippen molar-refractivity contribution in [3.8, 4) is 22.6 Å². The van der Waals surface area contributed by atoms with E-state index in [0.717, 1.165) is 18.4 Å². The molecule has 162 valence electrons. The third kappa shape index (κ3) is 5.02. The first-order valence-corrected chi connectivity index (χ1v) is 11.5. The quantitative estimate of drug-likeness (QED) is 0.517. The van der Waals surface area contributed by atoms with Gasteiger partial charge in [0.05, 0.1) is 5.56 Å². The predicted octanol–water partition coefficient (Wildman–Crippen LogP) is 4.10. The number of phenolic OH excluding ortho intramolecular Hbond substituents is 2. The minimum Gasteiger partial charge on any atom is -0.507 e. The van der Waals surface area contributed by atoms with Crippen LogP contribution in [0, 0.1) is 6.92 Å². The molecule has 0 heterocycles. The molecule has 7 heteroatoms. The van der Waals surface area contributed by atoms with Crippen LogP contribution in [0.25, 0.3) is 16.7 Å². The number of carbonyl (C=O) groups excluding carboxylic acids is 1. The van der Waals surface area contributed by atoms with E-state index in [1.807, 2.05) is 19.9 Å². The van der Waals surface area contributed by atoms with Gasteiger partial charge in [0.2, 0.25) is 5.91 Å². The maximum Gasteiger partial charge on any atom is 0.233 e. The molecule has 0 saturated heterocycles. The Hall–Kier alpha value is -2.80. The SMILES string of the molecule is C=C(C)c1ccc(C)cc1-c1c(O)cc(CCCCC)c(S(=O)(=O)CC(N)=O)c1O. The van der Waals surface area contributed by atoms with Gasteiger partial charge in [0.1, 0.15) is 22.1 Å². The lowest BCUT2D eigenvalue weighted by molar-refractivity contribution is -0.115. The molecule has 0 radical (unpaired) electrons. The number of sulfone groups is 1. The van der Waals surface area contributed by atoms with Gasteiger partial charge in [-0.15, -0.1) is 0 Å². The second-order valence-corrected chi connectivity index (χ2v) is 9.55. The van der Waals surface area contributed by atoms with Gasteiger partial charge in [-0.3, -0.25) is 4.79 Å². The fourth-order valence-electron chi connectivity index (χ4n) is 3.55. The number of nitrogens with two attached hydrogens (primary N) is 1. The molecule has 2 aromatic carbocycles. The number of unbranched alkanes of at least 4 members (excludes halogenated alkanes) is 2. The third-order valence-corrected chi connectivity index (χ3v) is 6.65. The molecule has 0 saturated carbocycles. The van der Waals surface area contributed by atoms with E-state index in [1.165, 1.54) is 6.07 Å². The number of hydrogen-bond acceptors (Lipinski definition) is 5. The fraction of sp³-hybridized carbons (Fsp3) is 0.348. The topological polar surface area (TPSA) is 118 Å². The molecule has 0 aliphatic carbocycles. The molecule has 1 amide bonds. The minimum atomic E-state index is -4.21. The zero-order chi connectivity index (χ0) is 22.6. The maximum absolute atomic E-state index is 12.9. The summed E-state index contributed by atoms with van der Waals surface area (Å²) in [5.41, 5.74) is 8.10. The Kier molecular flexibility index (Phi) is 7.31. The highest BCUT2D eigenvalue weighted by atomic mass is 32.2. The Balaban J connectivity index is 2.86. The highest BCUT2D eigenvalue weighted by molar-refractivity contribution is 7.92. The summed E-state index contributed by atoms with van der Waals surface area (Å²) >= 11 is 0. The van der Waals surface area contributed by atoms with Gasteiger partial charge in [0.25, 0.3) is 0 Å². The molecule has 0 bridgehead atoms. The van der Waals surface area contributed by atoms with Crippen LogP contribution in [-0.4, -0.2) is 30.3 Å². The molecule has 0 unspecified atom stereocenters. The van der Waals surface area contributed by atoms with Crippen molar-refractivity contribution >= 4 is 21.3 Å². The number of hydrogen-bond donors (Lipinski definition) is 3. The van der Waals surface area contributed by atoms with Crippen LogP contribution in [0.3, 0.4) is 0 Å². The first-order chi connectivity index (χ1) is 14.0. The minimum absolute atomic E-state index is 0.000938. The van der Waals surface area contributed by atoms with Crippen LogP contribution in [0.2, 0.25) is 0 Å². The van der Waals surface area contributed by atoms with Crippen LogP contribution >= 0.6 is 0 Å². The van der Waals surface area contributed by atoms with Crippen LogP contribution in [0.1, 0.15) is 49.8 Å². The van der Waals surface area contributed by atoms with E-state index < -0.39 is 27.2 Å². The number of aryl methyl sites for hydroxylation is 2. The molecule has 0 fully saturated rings. The lowest BCUT2D eigenvalue weighted by atomic mass is 9.91. The van der Waals surface area contributed by atoms with E-state index >= 15 is 0 Å². The molecule has 0 aromatic heterocycles. The van der Waals surface area contributed by atoms with Crippen LogP contribution in [0.5, 0.6) is 11.5 Å². The van der Waals surface area contributed by atoms with Gasteiger partial charge < -0.3 is 15.9 Å². The number of benzene rings is 2. The van der Waals surface area contributed by atoms with Gasteiger partial charge in [-0.25, -0.2) is 8.42 Å². The van der Waals surface area contributed by atoms with Crippen LogP contribution in [0.15, 0.2) is 35.7 Å². The van der Waals surface area contributed by atoms with Gasteiger partial charge in [0, 0.05) is 0 Å². The largest absolute Gasteiger partial charge is 0.507 e. The van der Waals surface area contributed by atoms with Crippen LogP contribution < -0.4 is 5.73 Å². The molecular formula is C23H29NO5S. The molecule has 4 N–H and O–H groups in total. The van der Waals surface area contributed by atoms with Crippen molar-refractivity contribution in [3.05, 3.63) is 47.5 Å². The molecule has 30 heavy (non-hydrogen) atoms. The van der Waals surface area contributed by atoms with Crippen molar-refractivity contribution < 1.29 is 23.4 Å². The average molecular weight is 432 g/mol. The van der Waals surface area contributed by atoms with Gasteiger partial charge in [-0.1, -0.05) is 55.7 Å². The summed E-state index contributed by atoms with van der Waals surface area (Å²) in [6.07, 6.45) is 2.79. The smallest absolute Gasteiger partial charge is 0.233 e. The number of amides is 1. The Bertz CT molecular complexity index is 1090. The molecule has 0 spiro atoms. The first-order valence-electron chi connectivity index (χ1n) is 9.85. The lowest BCUT2D eigenvalue weighted by Gasteiger charge is -2.19. The van der Waals surface area contributed by atoms with Gasteiger partial charge in [0.15, 0.2) is 9.84 Å². The van der Waals surface area contributed by atoms with Crippen molar-refractivity contribution in [2.75, 3.05) is 5.75 Å². The Morgan fingerprint density at radius 2 is 1.83 bits per heavy atom. The first kappa shape index (κ1) is 23.5. The highest BCUT2D eigenvalue weighted by Gasteiger charge is 2.30. The van der Waals surface area contributed by atoms with Crippen molar-refractivity contribution in [1.82, 2.24) is 0 Å². The Labute approximate surface area is 178 Å². The third-order valence-electron chi connectivity index (χ3n) is 4.91. The maximum atomic E-state index is 12.9. The number of phenols is 2. The van der Waals surface area contributed by atoms with Crippen molar-refractivity contribution in [2.24, 2.45) is 5.73 Å². The zero-order valence-corrected chi connectivity index (χ0v) is 18.5. The standard InChI is InChI=1S/C23H29NO5S/c1-5-6-7-8-16-12-19(25)21(18-11-15(4)9-10-17(18)14(2)3)22(27)23(16)30(28,29)13-20(24)26/h9-12,25,27H,2,5-8,13H2,1,3-4H3,(H2,24,26). The summed E-state index contributed by atoms with van der Waals surface area (Å²) in [7, 11) is -4.21. The monoisotopic (exact) mass is 431 g/mol. The molecule has 0 aliphatic rings. The Morgan fingerprint density at radius 3 is 2.40 bits per heavy atom. The fourth-order valence-corrected chi connectivity index (χ4v) is 5.03. The van der Waals surface area contributed by atoms with Crippen LogP contribution in [0.4, 0.5) is 0 Å². The Morgan fingerprint density at radius 1 is 1.17 bits per heavy atom. The summed E-state index contributed by atoms with van der Waals surface area (Å²) in [6.45, 7) is 9.58. The molecule has 2 rings (SSSR count). The van der Waals surface area contributed by atoms with Crippen molar-refractivity contribution in [1.29, 1.82) is 0 Å². The van der Waals surface area contributed by atoms with Crippen LogP contribution in [-0.2, 0) is 21.1 Å².